The van der Waals surface area contributed by atoms with E-state index in [1.807, 2.05) is 6.07 Å². The Morgan fingerprint density at radius 3 is 1.93 bits per heavy atom. The van der Waals surface area contributed by atoms with E-state index in [1.54, 1.807) is 0 Å². The Labute approximate surface area is 350 Å². The van der Waals surface area contributed by atoms with Crippen LogP contribution in [0.4, 0.5) is 0 Å². The van der Waals surface area contributed by atoms with Crippen molar-refractivity contribution in [1.82, 2.24) is 0 Å². The summed E-state index contributed by atoms with van der Waals surface area (Å²) in [6.45, 7) is 4.70. The van der Waals surface area contributed by atoms with Crippen LogP contribution in [-0.2, 0) is 0 Å². The van der Waals surface area contributed by atoms with Gasteiger partial charge in [0, 0.05) is 27.3 Å². The maximum Gasteiger partial charge on any atom is 0.136 e. The summed E-state index contributed by atoms with van der Waals surface area (Å²) < 4.78 is 12.9. The summed E-state index contributed by atoms with van der Waals surface area (Å²) in [6, 6.07) is 63.3. The summed E-state index contributed by atoms with van der Waals surface area (Å²) >= 11 is 0. The van der Waals surface area contributed by atoms with Gasteiger partial charge in [-0.05, 0) is 130 Å². The third-order valence-corrected chi connectivity index (χ3v) is 12.9. The zero-order chi connectivity index (χ0) is 40.2. The third-order valence-electron chi connectivity index (χ3n) is 12.9. The largest absolute Gasteiger partial charge is 0.456 e. The normalized spacial score (nSPS) is 18.5. The van der Waals surface area contributed by atoms with Gasteiger partial charge in [0.1, 0.15) is 22.3 Å². The number of fused-ring (bicyclic) bond motifs is 7. The minimum atomic E-state index is -0.0612. The number of allylic oxidation sites excluding steroid dienone is 2. The Morgan fingerprint density at radius 1 is 0.483 bits per heavy atom. The molecule has 1 aliphatic heterocycles. The van der Waals surface area contributed by atoms with Crippen LogP contribution < -0.4 is 0 Å². The van der Waals surface area contributed by atoms with Crippen LogP contribution in [0.2, 0.25) is 0 Å². The number of para-hydroxylation sites is 2. The van der Waals surface area contributed by atoms with Crippen LogP contribution in [0.3, 0.4) is 0 Å². The summed E-state index contributed by atoms with van der Waals surface area (Å²) in [6.07, 6.45) is 3.73. The average Bonchev–Trinajstić information content (AvgIpc) is 3.89. The molecule has 3 heteroatoms. The van der Waals surface area contributed by atoms with Gasteiger partial charge in [0.05, 0.1) is 6.04 Å². The molecule has 11 rings (SSSR count). The fraction of sp³-hybridized carbons (Fsp3) is 0.140. The predicted molar refractivity (Wildman–Crippen MR) is 252 cm³/mol. The molecule has 2 unspecified atom stereocenters. The van der Waals surface area contributed by atoms with Gasteiger partial charge in [-0.25, -0.2) is 0 Å². The lowest BCUT2D eigenvalue weighted by Crippen LogP contribution is -2.11. The van der Waals surface area contributed by atoms with Crippen LogP contribution in [0.15, 0.2) is 195 Å². The SMILES string of the molecule is CCC1CC(c2cccc3c(-c4cc(-c5ccccc5)cc5oc6ccccc6c45)cccc23)/N=C(/c2ccccc2)CC/C(C)=C/1c1ccc2oc3ccccc3c2c1. The number of aliphatic imine (C=N–C) groups is 1. The van der Waals surface area contributed by atoms with Gasteiger partial charge in [-0.15, -0.1) is 0 Å². The topological polar surface area (TPSA) is 38.6 Å². The van der Waals surface area contributed by atoms with Crippen LogP contribution in [0.5, 0.6) is 0 Å². The van der Waals surface area contributed by atoms with Gasteiger partial charge >= 0.3 is 0 Å². The molecule has 0 bridgehead atoms. The van der Waals surface area contributed by atoms with Gasteiger partial charge in [0.25, 0.3) is 0 Å². The van der Waals surface area contributed by atoms with Crippen molar-refractivity contribution >= 4 is 65.9 Å². The molecule has 0 spiro atoms. The molecule has 8 aromatic carbocycles. The van der Waals surface area contributed by atoms with Crippen molar-refractivity contribution in [3.05, 3.63) is 198 Å². The summed E-state index contributed by atoms with van der Waals surface area (Å²) in [5.41, 5.74) is 16.2. The molecule has 0 amide bonds. The molecular formula is C57H45NO2. The van der Waals surface area contributed by atoms with E-state index in [0.717, 1.165) is 69.7 Å². The van der Waals surface area contributed by atoms with E-state index in [1.165, 1.54) is 66.4 Å². The summed E-state index contributed by atoms with van der Waals surface area (Å²) in [4.78, 5) is 5.83. The molecule has 0 saturated heterocycles. The number of benzene rings is 8. The molecule has 2 aromatic heterocycles. The van der Waals surface area contributed by atoms with E-state index in [0.29, 0.717) is 5.92 Å². The first-order valence-electron chi connectivity index (χ1n) is 21.4. The van der Waals surface area contributed by atoms with E-state index in [4.69, 9.17) is 13.8 Å². The van der Waals surface area contributed by atoms with Gasteiger partial charge < -0.3 is 8.83 Å². The highest BCUT2D eigenvalue weighted by molar-refractivity contribution is 6.16. The van der Waals surface area contributed by atoms with Gasteiger partial charge in [-0.2, -0.15) is 0 Å². The van der Waals surface area contributed by atoms with Crippen LogP contribution in [0, 0.1) is 5.92 Å². The standard InChI is InChI=1S/C57H45NO2/c1-3-37-34-51(58-50(39-18-8-5-9-19-39)30-28-36(2)56(37)40-29-31-54-48(32-40)46-20-10-12-26-52(46)59-54)45-25-15-22-42-43(45)23-14-24-44(42)49-33-41(38-16-6-4-7-17-38)35-55-57(49)47-21-11-13-27-53(47)60-55/h4-27,29,31-33,35,37,51H,3,28,30,34H2,1-2H3/b56-36-,58-50+. The Hall–Kier alpha value is -6.97. The number of hydrogen-bond donors (Lipinski definition) is 0. The minimum Gasteiger partial charge on any atom is -0.456 e. The highest BCUT2D eigenvalue weighted by atomic mass is 16.3. The van der Waals surface area contributed by atoms with Gasteiger partial charge in [0.2, 0.25) is 0 Å². The number of rotatable bonds is 6. The molecule has 1 aliphatic rings. The van der Waals surface area contributed by atoms with Crippen molar-refractivity contribution in [2.24, 2.45) is 10.9 Å². The molecule has 10 aromatic rings. The lowest BCUT2D eigenvalue weighted by Gasteiger charge is -2.26. The number of furan rings is 2. The molecule has 290 valence electrons. The Balaban J connectivity index is 1.10. The van der Waals surface area contributed by atoms with Crippen molar-refractivity contribution in [2.45, 2.75) is 45.6 Å². The first-order valence-corrected chi connectivity index (χ1v) is 21.4. The maximum absolute atomic E-state index is 6.59. The van der Waals surface area contributed by atoms with Gasteiger partial charge in [-0.1, -0.05) is 152 Å². The number of nitrogens with zero attached hydrogens (tertiary/aromatic N) is 1. The van der Waals surface area contributed by atoms with E-state index >= 15 is 0 Å². The van der Waals surface area contributed by atoms with E-state index in [9.17, 15) is 0 Å². The highest BCUT2D eigenvalue weighted by Crippen LogP contribution is 2.46. The monoisotopic (exact) mass is 775 g/mol. The van der Waals surface area contributed by atoms with Gasteiger partial charge in [0.15, 0.2) is 0 Å². The van der Waals surface area contributed by atoms with Crippen LogP contribution in [-0.4, -0.2) is 5.71 Å². The zero-order valence-corrected chi connectivity index (χ0v) is 34.0. The molecule has 0 aliphatic carbocycles. The summed E-state index contributed by atoms with van der Waals surface area (Å²) in [5.74, 6) is 0.294. The minimum absolute atomic E-state index is 0.0612. The van der Waals surface area contributed by atoms with Crippen molar-refractivity contribution in [1.29, 1.82) is 0 Å². The summed E-state index contributed by atoms with van der Waals surface area (Å²) in [5, 5.41) is 7.08. The van der Waals surface area contributed by atoms with E-state index < -0.39 is 0 Å². The van der Waals surface area contributed by atoms with Gasteiger partial charge in [-0.3, -0.25) is 4.99 Å². The van der Waals surface area contributed by atoms with E-state index in [2.05, 4.69) is 184 Å². The molecule has 2 atom stereocenters. The fourth-order valence-corrected chi connectivity index (χ4v) is 10.00. The molecule has 0 saturated carbocycles. The molecule has 0 fully saturated rings. The molecule has 0 radical (unpaired) electrons. The lowest BCUT2D eigenvalue weighted by molar-refractivity contribution is 0.518. The molecule has 3 nitrogen and oxygen atoms in total. The third kappa shape index (κ3) is 6.24. The summed E-state index contributed by atoms with van der Waals surface area (Å²) in [7, 11) is 0. The lowest BCUT2D eigenvalue weighted by atomic mass is 9.80. The Kier molecular flexibility index (Phi) is 9.04. The first kappa shape index (κ1) is 36.1. The smallest absolute Gasteiger partial charge is 0.136 e. The Morgan fingerprint density at radius 2 is 1.13 bits per heavy atom. The number of hydrogen-bond acceptors (Lipinski definition) is 3. The van der Waals surface area contributed by atoms with Crippen molar-refractivity contribution in [2.75, 3.05) is 0 Å². The quantitative estimate of drug-likeness (QED) is 0.169. The zero-order valence-electron chi connectivity index (χ0n) is 34.0. The predicted octanol–water partition coefficient (Wildman–Crippen LogP) is 16.2. The molecular weight excluding hydrogens is 731 g/mol. The second-order valence-corrected chi connectivity index (χ2v) is 16.4. The average molecular weight is 776 g/mol. The molecule has 60 heavy (non-hydrogen) atoms. The highest BCUT2D eigenvalue weighted by Gasteiger charge is 2.27. The fourth-order valence-electron chi connectivity index (χ4n) is 10.00. The van der Waals surface area contributed by atoms with Crippen molar-refractivity contribution in [3.63, 3.8) is 0 Å². The molecule has 0 N–H and O–H groups in total. The Bertz CT molecular complexity index is 3290. The van der Waals surface area contributed by atoms with Crippen molar-refractivity contribution in [3.8, 4) is 22.3 Å². The first-order chi connectivity index (χ1) is 29.6. The van der Waals surface area contributed by atoms with E-state index in [-0.39, 0.29) is 6.04 Å². The molecule has 3 heterocycles. The second-order valence-electron chi connectivity index (χ2n) is 16.4. The van der Waals surface area contributed by atoms with Crippen LogP contribution in [0.1, 0.15) is 62.3 Å². The second kappa shape index (κ2) is 15.0. The van der Waals surface area contributed by atoms with Crippen molar-refractivity contribution < 1.29 is 8.83 Å². The van der Waals surface area contributed by atoms with Crippen LogP contribution >= 0.6 is 0 Å². The maximum atomic E-state index is 6.59. The van der Waals surface area contributed by atoms with Crippen LogP contribution in [0.25, 0.3) is 82.5 Å².